The summed E-state index contributed by atoms with van der Waals surface area (Å²) < 4.78 is 2.42. The summed E-state index contributed by atoms with van der Waals surface area (Å²) in [5, 5.41) is 3.57. The summed E-state index contributed by atoms with van der Waals surface area (Å²) in [6.07, 6.45) is 6.42. The van der Waals surface area contributed by atoms with E-state index in [1.54, 1.807) is 0 Å². The monoisotopic (exact) mass is 255 g/mol. The van der Waals surface area contributed by atoms with Crippen molar-refractivity contribution in [3.8, 4) is 0 Å². The maximum Gasteiger partial charge on any atom is 0.106 e. The van der Waals surface area contributed by atoms with Gasteiger partial charge in [0.05, 0.1) is 11.0 Å². The van der Waals surface area contributed by atoms with Gasteiger partial charge in [-0.15, -0.1) is 0 Å². The molecule has 100 valence electrons. The molecule has 1 aliphatic heterocycles. The lowest BCUT2D eigenvalue weighted by Gasteiger charge is -2.10. The number of rotatable bonds is 3. The van der Waals surface area contributed by atoms with Gasteiger partial charge in [-0.3, -0.25) is 0 Å². The maximum absolute atomic E-state index is 4.75. The first kappa shape index (κ1) is 11.5. The third kappa shape index (κ3) is 2.06. The van der Waals surface area contributed by atoms with Gasteiger partial charge in [-0.25, -0.2) is 4.98 Å². The Morgan fingerprint density at radius 3 is 2.95 bits per heavy atom. The second-order valence-corrected chi connectivity index (χ2v) is 6.08. The first-order valence-electron chi connectivity index (χ1n) is 7.52. The average Bonchev–Trinajstić information content (AvgIpc) is 2.98. The van der Waals surface area contributed by atoms with Crippen LogP contribution >= 0.6 is 0 Å². The van der Waals surface area contributed by atoms with E-state index >= 15 is 0 Å². The molecule has 1 atom stereocenters. The van der Waals surface area contributed by atoms with Crippen LogP contribution in [0.1, 0.15) is 43.1 Å². The fourth-order valence-electron chi connectivity index (χ4n) is 3.40. The Labute approximate surface area is 114 Å². The SMILES string of the molecule is Cc1nc2cc(CC3CCCN3)ccc2n1C1CC1. The number of imidazole rings is 1. The van der Waals surface area contributed by atoms with Crippen molar-refractivity contribution in [3.05, 3.63) is 29.6 Å². The quantitative estimate of drug-likeness (QED) is 0.913. The second-order valence-electron chi connectivity index (χ2n) is 6.08. The van der Waals surface area contributed by atoms with E-state index < -0.39 is 0 Å². The molecule has 0 spiro atoms. The Kier molecular flexibility index (Phi) is 2.62. The molecule has 0 radical (unpaired) electrons. The van der Waals surface area contributed by atoms with Crippen LogP contribution in [0.5, 0.6) is 0 Å². The number of nitrogens with zero attached hydrogens (tertiary/aromatic N) is 2. The fraction of sp³-hybridized carbons (Fsp3) is 0.562. The molecule has 3 heteroatoms. The summed E-state index contributed by atoms with van der Waals surface area (Å²) in [7, 11) is 0. The second kappa shape index (κ2) is 4.34. The molecule has 1 saturated carbocycles. The molecular formula is C16H21N3. The number of benzene rings is 1. The summed E-state index contributed by atoms with van der Waals surface area (Å²) in [6, 6.07) is 8.25. The van der Waals surface area contributed by atoms with Crippen LogP contribution in [0.3, 0.4) is 0 Å². The number of fused-ring (bicyclic) bond motifs is 1. The third-order valence-corrected chi connectivity index (χ3v) is 4.49. The molecule has 2 aromatic rings. The molecule has 1 N–H and O–H groups in total. The van der Waals surface area contributed by atoms with Crippen molar-refractivity contribution >= 4 is 11.0 Å². The van der Waals surface area contributed by atoms with Gasteiger partial charge in [0.1, 0.15) is 5.82 Å². The van der Waals surface area contributed by atoms with Crippen LogP contribution in [0.4, 0.5) is 0 Å². The lowest BCUT2D eigenvalue weighted by atomic mass is 10.0. The van der Waals surface area contributed by atoms with Gasteiger partial charge in [-0.1, -0.05) is 6.07 Å². The number of aryl methyl sites for hydroxylation is 1. The van der Waals surface area contributed by atoms with Crippen molar-refractivity contribution in [3.63, 3.8) is 0 Å². The van der Waals surface area contributed by atoms with Crippen LogP contribution in [-0.4, -0.2) is 22.1 Å². The van der Waals surface area contributed by atoms with E-state index in [-0.39, 0.29) is 0 Å². The summed E-state index contributed by atoms with van der Waals surface area (Å²) in [6.45, 7) is 3.32. The molecule has 1 aliphatic carbocycles. The topological polar surface area (TPSA) is 29.9 Å². The lowest BCUT2D eigenvalue weighted by Crippen LogP contribution is -2.23. The largest absolute Gasteiger partial charge is 0.325 e. The molecule has 1 aromatic heterocycles. The Bertz CT molecular complexity index is 604. The van der Waals surface area contributed by atoms with Gasteiger partial charge in [0.15, 0.2) is 0 Å². The summed E-state index contributed by atoms with van der Waals surface area (Å²) in [5.41, 5.74) is 3.93. The van der Waals surface area contributed by atoms with E-state index in [9.17, 15) is 0 Å². The molecule has 19 heavy (non-hydrogen) atoms. The van der Waals surface area contributed by atoms with Gasteiger partial charge in [0, 0.05) is 12.1 Å². The van der Waals surface area contributed by atoms with E-state index in [0.29, 0.717) is 12.1 Å². The van der Waals surface area contributed by atoms with Crippen molar-refractivity contribution in [2.75, 3.05) is 6.54 Å². The molecule has 4 rings (SSSR count). The predicted octanol–water partition coefficient (Wildman–Crippen LogP) is 2.97. The van der Waals surface area contributed by atoms with Crippen molar-refractivity contribution in [2.45, 2.75) is 51.1 Å². The highest BCUT2D eigenvalue weighted by Crippen LogP contribution is 2.38. The molecule has 2 aliphatic rings. The Morgan fingerprint density at radius 2 is 2.21 bits per heavy atom. The van der Waals surface area contributed by atoms with Crippen LogP contribution in [0.15, 0.2) is 18.2 Å². The van der Waals surface area contributed by atoms with Gasteiger partial charge < -0.3 is 9.88 Å². The summed E-state index contributed by atoms with van der Waals surface area (Å²) >= 11 is 0. The zero-order chi connectivity index (χ0) is 12.8. The van der Waals surface area contributed by atoms with Gasteiger partial charge in [0.25, 0.3) is 0 Å². The molecule has 3 nitrogen and oxygen atoms in total. The highest BCUT2D eigenvalue weighted by molar-refractivity contribution is 5.77. The van der Waals surface area contributed by atoms with E-state index in [1.165, 1.54) is 54.6 Å². The van der Waals surface area contributed by atoms with E-state index in [1.807, 2.05) is 0 Å². The highest BCUT2D eigenvalue weighted by Gasteiger charge is 2.27. The van der Waals surface area contributed by atoms with Crippen molar-refractivity contribution in [2.24, 2.45) is 0 Å². The smallest absolute Gasteiger partial charge is 0.106 e. The first-order valence-corrected chi connectivity index (χ1v) is 7.52. The number of nitrogens with one attached hydrogen (secondary N) is 1. The van der Waals surface area contributed by atoms with Crippen molar-refractivity contribution in [1.29, 1.82) is 0 Å². The summed E-state index contributed by atoms with van der Waals surface area (Å²) in [5.74, 6) is 1.17. The maximum atomic E-state index is 4.75. The summed E-state index contributed by atoms with van der Waals surface area (Å²) in [4.78, 5) is 4.75. The number of hydrogen-bond acceptors (Lipinski definition) is 2. The Balaban J connectivity index is 1.67. The van der Waals surface area contributed by atoms with Gasteiger partial charge in [-0.05, 0) is 63.3 Å². The van der Waals surface area contributed by atoms with Gasteiger partial charge in [0.2, 0.25) is 0 Å². The van der Waals surface area contributed by atoms with E-state index in [0.717, 1.165) is 6.42 Å². The van der Waals surface area contributed by atoms with Crippen LogP contribution in [0.25, 0.3) is 11.0 Å². The van der Waals surface area contributed by atoms with Crippen molar-refractivity contribution < 1.29 is 0 Å². The zero-order valence-electron chi connectivity index (χ0n) is 11.5. The van der Waals surface area contributed by atoms with Crippen LogP contribution in [0, 0.1) is 6.92 Å². The minimum absolute atomic E-state index is 0.670. The predicted molar refractivity (Wildman–Crippen MR) is 77.5 cm³/mol. The highest BCUT2D eigenvalue weighted by atomic mass is 15.1. The molecule has 2 fully saturated rings. The normalized spacial score (nSPS) is 23.3. The van der Waals surface area contributed by atoms with Gasteiger partial charge in [-0.2, -0.15) is 0 Å². The number of hydrogen-bond donors (Lipinski definition) is 1. The lowest BCUT2D eigenvalue weighted by molar-refractivity contribution is 0.603. The van der Waals surface area contributed by atoms with Gasteiger partial charge >= 0.3 is 0 Å². The molecule has 1 unspecified atom stereocenters. The van der Waals surface area contributed by atoms with Crippen LogP contribution < -0.4 is 5.32 Å². The third-order valence-electron chi connectivity index (χ3n) is 4.49. The van der Waals surface area contributed by atoms with Crippen LogP contribution in [0.2, 0.25) is 0 Å². The molecular weight excluding hydrogens is 234 g/mol. The minimum Gasteiger partial charge on any atom is -0.325 e. The molecule has 2 heterocycles. The minimum atomic E-state index is 0.670. The fourth-order valence-corrected chi connectivity index (χ4v) is 3.40. The molecule has 0 amide bonds. The van der Waals surface area contributed by atoms with Crippen molar-refractivity contribution in [1.82, 2.24) is 14.9 Å². The molecule has 1 saturated heterocycles. The molecule has 1 aromatic carbocycles. The van der Waals surface area contributed by atoms with E-state index in [2.05, 4.69) is 35.0 Å². The zero-order valence-corrected chi connectivity index (χ0v) is 11.5. The average molecular weight is 255 g/mol. The standard InChI is InChI=1S/C16H21N3/c1-11-18-15-10-12(9-13-3-2-8-17-13)4-7-16(15)19(11)14-5-6-14/h4,7,10,13-14,17H,2-3,5-6,8-9H2,1H3. The van der Waals surface area contributed by atoms with Crippen LogP contribution in [-0.2, 0) is 6.42 Å². The Hall–Kier alpha value is -1.35. The molecule has 0 bridgehead atoms. The first-order chi connectivity index (χ1) is 9.31. The Morgan fingerprint density at radius 1 is 1.32 bits per heavy atom. The number of aromatic nitrogens is 2. The van der Waals surface area contributed by atoms with E-state index in [4.69, 9.17) is 4.98 Å².